The summed E-state index contributed by atoms with van der Waals surface area (Å²) in [7, 11) is -4.36. The lowest BCUT2D eigenvalue weighted by Crippen LogP contribution is -2.51. The van der Waals surface area contributed by atoms with Crippen molar-refractivity contribution in [1.29, 1.82) is 0 Å². The van der Waals surface area contributed by atoms with Crippen LogP contribution in [0.2, 0.25) is 0 Å². The van der Waals surface area contributed by atoms with E-state index in [0.29, 0.717) is 22.8 Å². The minimum atomic E-state index is -4.36. The predicted octanol–water partition coefficient (Wildman–Crippen LogP) is 3.20. The van der Waals surface area contributed by atoms with Crippen LogP contribution in [0, 0.1) is 23.7 Å². The maximum absolute atomic E-state index is 14.0. The van der Waals surface area contributed by atoms with Gasteiger partial charge in [-0.3, -0.25) is 9.59 Å². The largest absolute Gasteiger partial charge is 0.378 e. The Balaban J connectivity index is 1.65. The molecule has 1 aliphatic heterocycles. The molecular weight excluding hydrogens is 440 g/mol. The van der Waals surface area contributed by atoms with Crippen molar-refractivity contribution in [3.63, 3.8) is 0 Å². The first-order valence-electron chi connectivity index (χ1n) is 11.3. The second-order valence-electron chi connectivity index (χ2n) is 10.0. The van der Waals surface area contributed by atoms with Crippen LogP contribution in [0.1, 0.15) is 50.3 Å². The molecule has 8 heteroatoms. The van der Waals surface area contributed by atoms with Crippen molar-refractivity contribution >= 4 is 21.8 Å². The van der Waals surface area contributed by atoms with Crippen LogP contribution >= 0.6 is 0 Å². The molecule has 1 spiro atoms. The van der Waals surface area contributed by atoms with E-state index >= 15 is 0 Å². The number of nitrogens with zero attached hydrogens (tertiary/aromatic N) is 2. The van der Waals surface area contributed by atoms with Crippen molar-refractivity contribution in [2.24, 2.45) is 16.7 Å². The van der Waals surface area contributed by atoms with Gasteiger partial charge in [0.05, 0.1) is 16.4 Å². The van der Waals surface area contributed by atoms with Crippen molar-refractivity contribution < 1.29 is 23.1 Å². The minimum absolute atomic E-state index is 0.0582. The van der Waals surface area contributed by atoms with E-state index in [1.807, 2.05) is 20.8 Å². The van der Waals surface area contributed by atoms with E-state index in [4.69, 9.17) is 0 Å². The zero-order chi connectivity index (χ0) is 23.8. The van der Waals surface area contributed by atoms with E-state index in [2.05, 4.69) is 0 Å². The number of benzene rings is 2. The molecule has 3 fully saturated rings. The lowest BCUT2D eigenvalue weighted by Gasteiger charge is -2.35. The molecule has 2 amide bonds. The van der Waals surface area contributed by atoms with Gasteiger partial charge in [0.1, 0.15) is 0 Å². The number of hydrogen-bond donors (Lipinski definition) is 1. The van der Waals surface area contributed by atoms with Gasteiger partial charge in [0.25, 0.3) is 21.8 Å². The summed E-state index contributed by atoms with van der Waals surface area (Å²) in [4.78, 5) is 27.6. The van der Waals surface area contributed by atoms with Gasteiger partial charge in [0, 0.05) is 0 Å². The molecule has 1 heterocycles. The third-order valence-electron chi connectivity index (χ3n) is 8.30. The number of carbonyl (C=O) groups excluding carboxylic acids is 2. The van der Waals surface area contributed by atoms with Crippen LogP contribution < -0.4 is 0 Å². The Morgan fingerprint density at radius 3 is 2.33 bits per heavy atom. The Labute approximate surface area is 194 Å². The number of fused-ring (bicyclic) bond motifs is 1. The summed E-state index contributed by atoms with van der Waals surface area (Å²) in [5.74, 6) is -1.15. The van der Waals surface area contributed by atoms with Gasteiger partial charge in [-0.1, -0.05) is 61.9 Å². The maximum Gasteiger partial charge on any atom is 0.284 e. The second kappa shape index (κ2) is 7.14. The third-order valence-corrected chi connectivity index (χ3v) is 9.97. The maximum atomic E-state index is 14.0. The average molecular weight is 469 g/mol. The van der Waals surface area contributed by atoms with Gasteiger partial charge in [-0.2, -0.15) is 8.42 Å². The molecule has 5 rings (SSSR count). The number of sulfonamides is 1. The number of carbonyl (C=O) groups is 2. The van der Waals surface area contributed by atoms with Gasteiger partial charge in [-0.15, -0.1) is 4.41 Å². The quantitative estimate of drug-likeness (QED) is 0.744. The Bertz CT molecular complexity index is 1230. The van der Waals surface area contributed by atoms with Gasteiger partial charge < -0.3 is 5.11 Å². The highest BCUT2D eigenvalue weighted by atomic mass is 32.2. The fourth-order valence-electron chi connectivity index (χ4n) is 6.34. The zero-order valence-corrected chi connectivity index (χ0v) is 19.7. The highest BCUT2D eigenvalue weighted by Crippen LogP contribution is 2.70. The molecule has 0 radical (unpaired) electrons. The van der Waals surface area contributed by atoms with E-state index in [0.717, 1.165) is 17.0 Å². The number of amides is 2. The summed E-state index contributed by atoms with van der Waals surface area (Å²) in [6.07, 6.45) is 0.300. The van der Waals surface area contributed by atoms with Crippen LogP contribution in [-0.4, -0.2) is 40.8 Å². The Morgan fingerprint density at radius 1 is 1.09 bits per heavy atom. The normalized spacial score (nSPS) is 28.8. The van der Waals surface area contributed by atoms with Crippen LogP contribution in [0.4, 0.5) is 0 Å². The van der Waals surface area contributed by atoms with Gasteiger partial charge in [0.15, 0.2) is 6.10 Å². The summed E-state index contributed by atoms with van der Waals surface area (Å²) in [6, 6.07) is 14.0. The highest BCUT2D eigenvalue weighted by molar-refractivity contribution is 7.89. The molecule has 3 aliphatic rings. The van der Waals surface area contributed by atoms with Crippen molar-refractivity contribution in [2.75, 3.05) is 0 Å². The Morgan fingerprint density at radius 2 is 1.73 bits per heavy atom. The van der Waals surface area contributed by atoms with E-state index in [1.54, 1.807) is 42.5 Å². The molecule has 0 unspecified atom stereocenters. The molecule has 33 heavy (non-hydrogen) atoms. The van der Waals surface area contributed by atoms with Crippen LogP contribution in [0.15, 0.2) is 59.5 Å². The first-order valence-corrected chi connectivity index (χ1v) is 12.7. The number of aliphatic hydroxyl groups is 1. The molecule has 174 valence electrons. The van der Waals surface area contributed by atoms with Crippen molar-refractivity contribution in [1.82, 2.24) is 9.42 Å². The van der Waals surface area contributed by atoms with Crippen LogP contribution in [0.25, 0.3) is 0 Å². The lowest BCUT2D eigenvalue weighted by atomic mass is 9.68. The monoisotopic (exact) mass is 468 g/mol. The highest BCUT2D eigenvalue weighted by Gasteiger charge is 2.76. The van der Waals surface area contributed by atoms with Gasteiger partial charge in [0.2, 0.25) is 0 Å². The molecule has 4 atom stereocenters. The van der Waals surface area contributed by atoms with E-state index in [-0.39, 0.29) is 10.8 Å². The first kappa shape index (κ1) is 22.1. The summed E-state index contributed by atoms with van der Waals surface area (Å²) in [5.41, 5.74) is -0.209. The van der Waals surface area contributed by atoms with E-state index in [1.165, 1.54) is 12.1 Å². The van der Waals surface area contributed by atoms with Gasteiger partial charge in [-0.05, 0) is 55.2 Å². The molecule has 0 aromatic heterocycles. The van der Waals surface area contributed by atoms with Gasteiger partial charge >= 0.3 is 0 Å². The number of rotatable bonds is 4. The predicted molar refractivity (Wildman–Crippen MR) is 121 cm³/mol. The molecule has 2 aliphatic carbocycles. The molecule has 1 N–H and O–H groups in total. The number of aliphatic hydroxyl groups excluding tert-OH is 1. The first-order chi connectivity index (χ1) is 15.5. The van der Waals surface area contributed by atoms with Crippen LogP contribution in [0.3, 0.4) is 0 Å². The van der Waals surface area contributed by atoms with Crippen molar-refractivity contribution in [3.05, 3.63) is 65.7 Å². The average Bonchev–Trinajstić information content (AvgIpc) is 3.32. The third kappa shape index (κ3) is 2.80. The second-order valence-corrected chi connectivity index (χ2v) is 11.8. The molecule has 7 nitrogen and oxygen atoms in total. The zero-order valence-electron chi connectivity index (χ0n) is 18.9. The molecular formula is C25H28N2O5S. The fourth-order valence-corrected chi connectivity index (χ4v) is 7.83. The number of hydrazine groups is 1. The van der Waals surface area contributed by atoms with Gasteiger partial charge in [-0.25, -0.2) is 5.01 Å². The topological polar surface area (TPSA) is 95.0 Å². The smallest absolute Gasteiger partial charge is 0.284 e. The summed E-state index contributed by atoms with van der Waals surface area (Å²) in [5, 5.41) is 12.0. The van der Waals surface area contributed by atoms with Crippen molar-refractivity contribution in [3.8, 4) is 0 Å². The van der Waals surface area contributed by atoms with E-state index < -0.39 is 44.8 Å². The molecule has 2 bridgehead atoms. The number of aryl methyl sites for hydroxylation is 1. The fraction of sp³-hybridized carbons (Fsp3) is 0.440. The summed E-state index contributed by atoms with van der Waals surface area (Å²) in [6.45, 7) is 5.84. The minimum Gasteiger partial charge on any atom is -0.378 e. The van der Waals surface area contributed by atoms with E-state index in [9.17, 15) is 23.1 Å². The standard InChI is InChI=1S/C25H28N2O5S/c1-16-9-11-19(12-10-16)33(31,32)27-23(30)25-14-13-18(24(25,2)3)15-20(25)26(27)22(29)21(28)17-7-5-4-6-8-17/h4-12,18,20-21,28H,13-15H2,1-3H3/t18-,20-,21-,25+/m1/s1. The van der Waals surface area contributed by atoms with Crippen LogP contribution in [0.5, 0.6) is 0 Å². The SMILES string of the molecule is Cc1ccc(S(=O)(=O)N2C(=O)[C@]34CC[C@H](C[C@H]3N2C(=O)[C@H](O)c2ccccc2)C4(C)C)cc1. The Kier molecular flexibility index (Phi) is 4.78. The molecule has 2 saturated carbocycles. The molecule has 2 aromatic rings. The summed E-state index contributed by atoms with van der Waals surface area (Å²) < 4.78 is 28.2. The molecule has 2 aromatic carbocycles. The number of hydrogen-bond acceptors (Lipinski definition) is 5. The molecule has 1 saturated heterocycles. The lowest BCUT2D eigenvalue weighted by molar-refractivity contribution is -0.155. The summed E-state index contributed by atoms with van der Waals surface area (Å²) >= 11 is 0. The van der Waals surface area contributed by atoms with Crippen molar-refractivity contribution in [2.45, 2.75) is 57.1 Å². The van der Waals surface area contributed by atoms with Crippen LogP contribution in [-0.2, 0) is 19.6 Å². The Hall–Kier alpha value is -2.71.